The summed E-state index contributed by atoms with van der Waals surface area (Å²) in [5.41, 5.74) is 8.28. The molecule has 25 heavy (non-hydrogen) atoms. The predicted molar refractivity (Wildman–Crippen MR) is 104 cm³/mol. The fraction of sp³-hybridized carbons (Fsp3) is 0.700. The molecule has 1 saturated heterocycles. The molecule has 3 N–H and O–H groups in total. The first-order chi connectivity index (χ1) is 12.0. The van der Waals surface area contributed by atoms with Crippen LogP contribution in [0.15, 0.2) is 18.2 Å². The van der Waals surface area contributed by atoms with Crippen LogP contribution in [0.4, 0.5) is 11.4 Å². The molecule has 2 aliphatic rings. The maximum absolute atomic E-state index is 6.00. The molecule has 0 radical (unpaired) electrons. The van der Waals surface area contributed by atoms with Gasteiger partial charge in [-0.3, -0.25) is 0 Å². The molecule has 0 bridgehead atoms. The molecule has 0 spiro atoms. The normalized spacial score (nSPS) is 30.2. The Hall–Kier alpha value is -1.46. The molecule has 2 atom stereocenters. The number of anilines is 2. The van der Waals surface area contributed by atoms with Gasteiger partial charge in [0.1, 0.15) is 5.75 Å². The van der Waals surface area contributed by atoms with Crippen molar-refractivity contribution in [3.63, 3.8) is 0 Å². The van der Waals surface area contributed by atoms with Crippen molar-refractivity contribution < 1.29 is 9.47 Å². The Morgan fingerprint density at radius 2 is 1.84 bits per heavy atom. The topological polar surface area (TPSA) is 59.8 Å². The second-order valence-electron chi connectivity index (χ2n) is 7.71. The van der Waals surface area contributed by atoms with Crippen LogP contribution in [0.25, 0.3) is 0 Å². The van der Waals surface area contributed by atoms with Gasteiger partial charge in [0.2, 0.25) is 0 Å². The molecular formula is C20H33N3O2. The third-order valence-corrected chi connectivity index (χ3v) is 5.44. The lowest BCUT2D eigenvalue weighted by Crippen LogP contribution is -2.45. The van der Waals surface area contributed by atoms with E-state index in [0.717, 1.165) is 43.9 Å². The van der Waals surface area contributed by atoms with Crippen molar-refractivity contribution in [1.82, 2.24) is 0 Å². The summed E-state index contributed by atoms with van der Waals surface area (Å²) in [6.07, 6.45) is 5.25. The van der Waals surface area contributed by atoms with E-state index in [1.807, 2.05) is 0 Å². The van der Waals surface area contributed by atoms with Crippen LogP contribution in [0.2, 0.25) is 0 Å². The maximum atomic E-state index is 6.00. The van der Waals surface area contributed by atoms with Gasteiger partial charge in [-0.05, 0) is 57.6 Å². The molecule has 3 rings (SSSR count). The van der Waals surface area contributed by atoms with Gasteiger partial charge in [0.25, 0.3) is 0 Å². The molecule has 1 aliphatic heterocycles. The molecule has 140 valence electrons. The first-order valence-corrected chi connectivity index (χ1v) is 9.63. The van der Waals surface area contributed by atoms with Gasteiger partial charge in [-0.2, -0.15) is 0 Å². The number of rotatable bonds is 5. The number of nitrogens with zero attached hydrogens (tertiary/aromatic N) is 1. The van der Waals surface area contributed by atoms with E-state index in [2.05, 4.69) is 42.3 Å². The lowest BCUT2D eigenvalue weighted by molar-refractivity contribution is -0.00522. The third kappa shape index (κ3) is 4.79. The van der Waals surface area contributed by atoms with E-state index in [0.29, 0.717) is 12.0 Å². The molecule has 5 nitrogen and oxygen atoms in total. The summed E-state index contributed by atoms with van der Waals surface area (Å²) in [5.74, 6) is 1.63. The van der Waals surface area contributed by atoms with Crippen LogP contribution in [0.3, 0.4) is 0 Å². The minimum absolute atomic E-state index is 0.255. The summed E-state index contributed by atoms with van der Waals surface area (Å²) in [5, 5.41) is 3.59. The van der Waals surface area contributed by atoms with Gasteiger partial charge >= 0.3 is 0 Å². The third-order valence-electron chi connectivity index (χ3n) is 5.44. The van der Waals surface area contributed by atoms with Crippen molar-refractivity contribution in [2.45, 2.75) is 57.8 Å². The lowest BCUT2D eigenvalue weighted by Gasteiger charge is -2.37. The molecule has 2 fully saturated rings. The zero-order chi connectivity index (χ0) is 17.8. The number of ether oxygens (including phenoxy) is 2. The van der Waals surface area contributed by atoms with Crippen LogP contribution < -0.4 is 20.7 Å². The van der Waals surface area contributed by atoms with Crippen molar-refractivity contribution in [2.75, 3.05) is 37.0 Å². The summed E-state index contributed by atoms with van der Waals surface area (Å²) >= 11 is 0. The van der Waals surface area contributed by atoms with E-state index in [1.165, 1.54) is 18.5 Å². The van der Waals surface area contributed by atoms with Crippen molar-refractivity contribution in [3.8, 4) is 5.75 Å². The monoisotopic (exact) mass is 347 g/mol. The SMILES string of the molecule is COc1cc(N2CC(C)OC(C)C2)ccc1NC[C@H]1CC[C@H](N)CC1. The summed E-state index contributed by atoms with van der Waals surface area (Å²) in [4.78, 5) is 2.38. The van der Waals surface area contributed by atoms with E-state index in [4.69, 9.17) is 15.2 Å². The largest absolute Gasteiger partial charge is 0.495 e. The standard InChI is InChI=1S/C20H33N3O2/c1-14-12-23(13-15(2)25-14)18-8-9-19(20(10-18)24-3)22-11-16-4-6-17(21)7-5-16/h8-10,14-17,22H,4-7,11-13,21H2,1-3H3/t14?,15?,16-,17-. The highest BCUT2D eigenvalue weighted by molar-refractivity contribution is 5.65. The number of benzene rings is 1. The molecule has 1 heterocycles. The van der Waals surface area contributed by atoms with Crippen LogP contribution in [-0.4, -0.2) is 45.0 Å². The number of hydrogen-bond acceptors (Lipinski definition) is 5. The van der Waals surface area contributed by atoms with Crippen molar-refractivity contribution in [1.29, 1.82) is 0 Å². The number of nitrogens with one attached hydrogen (secondary N) is 1. The quantitative estimate of drug-likeness (QED) is 0.856. The summed E-state index contributed by atoms with van der Waals surface area (Å²) in [6, 6.07) is 6.88. The van der Waals surface area contributed by atoms with E-state index in [1.54, 1.807) is 7.11 Å². The highest BCUT2D eigenvalue weighted by atomic mass is 16.5. The number of hydrogen-bond donors (Lipinski definition) is 2. The molecule has 1 aromatic rings. The van der Waals surface area contributed by atoms with E-state index in [9.17, 15) is 0 Å². The molecule has 2 unspecified atom stereocenters. The van der Waals surface area contributed by atoms with E-state index < -0.39 is 0 Å². The Bertz CT molecular complexity index is 548. The Morgan fingerprint density at radius 3 is 2.48 bits per heavy atom. The second kappa shape index (κ2) is 8.28. The number of nitrogens with two attached hydrogens (primary N) is 1. The minimum Gasteiger partial charge on any atom is -0.495 e. The van der Waals surface area contributed by atoms with Crippen LogP contribution in [0.5, 0.6) is 5.75 Å². The molecule has 0 aromatic heterocycles. The van der Waals surface area contributed by atoms with Crippen molar-refractivity contribution in [2.24, 2.45) is 11.7 Å². The molecule has 1 saturated carbocycles. The van der Waals surface area contributed by atoms with Crippen LogP contribution in [-0.2, 0) is 4.74 Å². The zero-order valence-corrected chi connectivity index (χ0v) is 15.8. The summed E-state index contributed by atoms with van der Waals surface area (Å²) in [7, 11) is 1.74. The number of methoxy groups -OCH3 is 1. The molecule has 5 heteroatoms. The highest BCUT2D eigenvalue weighted by Crippen LogP contribution is 2.32. The summed E-state index contributed by atoms with van der Waals surface area (Å²) < 4.78 is 11.5. The highest BCUT2D eigenvalue weighted by Gasteiger charge is 2.23. The maximum Gasteiger partial charge on any atom is 0.144 e. The molecule has 1 aliphatic carbocycles. The van der Waals surface area contributed by atoms with Gasteiger partial charge in [0, 0.05) is 37.4 Å². The second-order valence-corrected chi connectivity index (χ2v) is 7.71. The van der Waals surface area contributed by atoms with Gasteiger partial charge in [0.05, 0.1) is 25.0 Å². The van der Waals surface area contributed by atoms with Gasteiger partial charge in [0.15, 0.2) is 0 Å². The molecule has 0 amide bonds. The van der Waals surface area contributed by atoms with Gasteiger partial charge < -0.3 is 25.4 Å². The average molecular weight is 348 g/mol. The van der Waals surface area contributed by atoms with Crippen LogP contribution in [0, 0.1) is 5.92 Å². The molecular weight excluding hydrogens is 314 g/mol. The first kappa shape index (κ1) is 18.3. The van der Waals surface area contributed by atoms with Gasteiger partial charge in [-0.15, -0.1) is 0 Å². The lowest BCUT2D eigenvalue weighted by atomic mass is 9.86. The fourth-order valence-corrected chi connectivity index (χ4v) is 4.06. The Kier molecular flexibility index (Phi) is 6.07. The van der Waals surface area contributed by atoms with Gasteiger partial charge in [-0.25, -0.2) is 0 Å². The van der Waals surface area contributed by atoms with E-state index >= 15 is 0 Å². The Balaban J connectivity index is 1.63. The predicted octanol–water partition coefficient (Wildman–Crippen LogP) is 3.24. The van der Waals surface area contributed by atoms with E-state index in [-0.39, 0.29) is 12.2 Å². The Labute approximate surface area is 151 Å². The fourth-order valence-electron chi connectivity index (χ4n) is 4.06. The van der Waals surface area contributed by atoms with Gasteiger partial charge in [-0.1, -0.05) is 0 Å². The van der Waals surface area contributed by atoms with Crippen molar-refractivity contribution >= 4 is 11.4 Å². The Morgan fingerprint density at radius 1 is 1.16 bits per heavy atom. The molecule has 1 aromatic carbocycles. The number of morpholine rings is 1. The average Bonchev–Trinajstić information content (AvgIpc) is 2.60. The zero-order valence-electron chi connectivity index (χ0n) is 15.8. The first-order valence-electron chi connectivity index (χ1n) is 9.63. The van der Waals surface area contributed by atoms with Crippen molar-refractivity contribution in [3.05, 3.63) is 18.2 Å². The summed E-state index contributed by atoms with van der Waals surface area (Å²) in [6.45, 7) is 7.09. The smallest absolute Gasteiger partial charge is 0.144 e. The van der Waals surface area contributed by atoms with Crippen LogP contribution in [0.1, 0.15) is 39.5 Å². The minimum atomic E-state index is 0.255. The van der Waals surface area contributed by atoms with Crippen LogP contribution >= 0.6 is 0 Å².